The first-order chi connectivity index (χ1) is 5.54. The minimum atomic E-state index is -1.00. The zero-order valence-electron chi connectivity index (χ0n) is 7.16. The van der Waals surface area contributed by atoms with Crippen molar-refractivity contribution < 1.29 is 19.4 Å². The molecule has 1 atom stereocenters. The van der Waals surface area contributed by atoms with Crippen LogP contribution >= 0.6 is 0 Å². The van der Waals surface area contributed by atoms with Crippen LogP contribution in [-0.4, -0.2) is 36.2 Å². The van der Waals surface area contributed by atoms with Gasteiger partial charge < -0.3 is 15.2 Å². The third-order valence-corrected chi connectivity index (χ3v) is 1.19. The maximum atomic E-state index is 10.3. The molecule has 2 N–H and O–H groups in total. The first-order valence-electron chi connectivity index (χ1n) is 3.63. The van der Waals surface area contributed by atoms with E-state index < -0.39 is 12.1 Å². The molecule has 0 unspecified atom stereocenters. The summed E-state index contributed by atoms with van der Waals surface area (Å²) in [6, 6.07) is 0. The first-order valence-corrected chi connectivity index (χ1v) is 3.63. The summed E-state index contributed by atoms with van der Waals surface area (Å²) in [7, 11) is 0. The minimum Gasteiger partial charge on any atom is -0.479 e. The smallest absolute Gasteiger partial charge is 0.332 e. The molecule has 0 aliphatic heterocycles. The molecule has 12 heavy (non-hydrogen) atoms. The Morgan fingerprint density at radius 3 is 2.58 bits per heavy atom. The lowest BCUT2D eigenvalue weighted by molar-refractivity contribution is -0.148. The lowest BCUT2D eigenvalue weighted by atomic mass is 10.4. The molecule has 5 heteroatoms. The molecule has 0 bridgehead atoms. The Kier molecular flexibility index (Phi) is 5.03. The van der Waals surface area contributed by atoms with Crippen molar-refractivity contribution in [2.45, 2.75) is 20.0 Å². The van der Waals surface area contributed by atoms with Gasteiger partial charge in [-0.25, -0.2) is 4.79 Å². The number of ether oxygens (including phenoxy) is 1. The third-order valence-electron chi connectivity index (χ3n) is 1.19. The quantitative estimate of drug-likeness (QED) is 0.558. The van der Waals surface area contributed by atoms with Crippen molar-refractivity contribution in [1.29, 1.82) is 0 Å². The van der Waals surface area contributed by atoms with Crippen LogP contribution < -0.4 is 5.32 Å². The molecule has 0 saturated carbocycles. The van der Waals surface area contributed by atoms with Crippen molar-refractivity contribution in [2.24, 2.45) is 0 Å². The molecule has 0 aliphatic rings. The summed E-state index contributed by atoms with van der Waals surface area (Å²) < 4.78 is 4.84. The van der Waals surface area contributed by atoms with Gasteiger partial charge in [0.1, 0.15) is 0 Å². The predicted molar refractivity (Wildman–Crippen MR) is 41.7 cm³/mol. The van der Waals surface area contributed by atoms with E-state index in [4.69, 9.17) is 9.84 Å². The highest BCUT2D eigenvalue weighted by Gasteiger charge is 2.09. The van der Waals surface area contributed by atoms with Crippen molar-refractivity contribution in [3.8, 4) is 0 Å². The Morgan fingerprint density at radius 2 is 2.17 bits per heavy atom. The van der Waals surface area contributed by atoms with Gasteiger partial charge in [-0.15, -0.1) is 0 Å². The fraction of sp³-hybridized carbons (Fsp3) is 0.714. The van der Waals surface area contributed by atoms with Crippen LogP contribution in [0.3, 0.4) is 0 Å². The topological polar surface area (TPSA) is 75.6 Å². The lowest BCUT2D eigenvalue weighted by Gasteiger charge is -2.07. The highest BCUT2D eigenvalue weighted by Crippen LogP contribution is 1.88. The monoisotopic (exact) mass is 175 g/mol. The maximum absolute atomic E-state index is 10.3. The number of hydrogen-bond donors (Lipinski definition) is 2. The van der Waals surface area contributed by atoms with Gasteiger partial charge in [0.05, 0.1) is 6.61 Å². The second-order valence-corrected chi connectivity index (χ2v) is 2.33. The van der Waals surface area contributed by atoms with Crippen LogP contribution in [0, 0.1) is 0 Å². The summed E-state index contributed by atoms with van der Waals surface area (Å²) in [6.45, 7) is 3.39. The van der Waals surface area contributed by atoms with Gasteiger partial charge in [0.15, 0.2) is 6.10 Å². The molecule has 0 aromatic heterocycles. The Bertz CT molecular complexity index is 169. The largest absolute Gasteiger partial charge is 0.479 e. The number of nitrogens with one attached hydrogen (secondary N) is 1. The van der Waals surface area contributed by atoms with Crippen molar-refractivity contribution in [3.63, 3.8) is 0 Å². The molecule has 0 aromatic rings. The molecular formula is C7H13NO4. The number of carboxylic acid groups (broad SMARTS) is 1. The van der Waals surface area contributed by atoms with Gasteiger partial charge in [0.2, 0.25) is 5.91 Å². The van der Waals surface area contributed by atoms with Crippen LogP contribution in [0.4, 0.5) is 0 Å². The fourth-order valence-electron chi connectivity index (χ4n) is 0.534. The summed E-state index contributed by atoms with van der Waals surface area (Å²) in [5, 5.41) is 10.9. The Labute approximate surface area is 70.7 Å². The highest BCUT2D eigenvalue weighted by molar-refractivity contribution is 5.72. The van der Waals surface area contributed by atoms with Gasteiger partial charge in [-0.3, -0.25) is 4.79 Å². The van der Waals surface area contributed by atoms with Gasteiger partial charge >= 0.3 is 5.97 Å². The van der Waals surface area contributed by atoms with Gasteiger partial charge in [-0.05, 0) is 6.92 Å². The maximum Gasteiger partial charge on any atom is 0.332 e. The number of hydrogen-bond acceptors (Lipinski definition) is 3. The number of aliphatic carboxylic acids is 1. The summed E-state index contributed by atoms with van der Waals surface area (Å²) in [6.07, 6.45) is -0.821. The number of carbonyl (C=O) groups is 2. The fourth-order valence-corrected chi connectivity index (χ4v) is 0.534. The van der Waals surface area contributed by atoms with Gasteiger partial charge in [-0.1, -0.05) is 0 Å². The van der Waals surface area contributed by atoms with E-state index in [1.54, 1.807) is 0 Å². The molecule has 0 heterocycles. The van der Waals surface area contributed by atoms with Crippen LogP contribution in [0.1, 0.15) is 13.8 Å². The molecule has 0 aromatic carbocycles. The van der Waals surface area contributed by atoms with Crippen molar-refractivity contribution >= 4 is 11.9 Å². The highest BCUT2D eigenvalue weighted by atomic mass is 16.5. The molecule has 0 radical (unpaired) electrons. The van der Waals surface area contributed by atoms with Crippen LogP contribution in [0.5, 0.6) is 0 Å². The molecule has 0 rings (SSSR count). The van der Waals surface area contributed by atoms with Crippen molar-refractivity contribution in [3.05, 3.63) is 0 Å². The zero-order valence-corrected chi connectivity index (χ0v) is 7.16. The van der Waals surface area contributed by atoms with Crippen LogP contribution in [0.15, 0.2) is 0 Å². The molecular weight excluding hydrogens is 162 g/mol. The van der Waals surface area contributed by atoms with Crippen molar-refractivity contribution in [1.82, 2.24) is 5.32 Å². The van der Waals surface area contributed by atoms with Gasteiger partial charge in [0, 0.05) is 13.5 Å². The summed E-state index contributed by atoms with van der Waals surface area (Å²) in [5.74, 6) is -1.15. The number of rotatable bonds is 5. The van der Waals surface area contributed by atoms with E-state index in [0.29, 0.717) is 6.54 Å². The molecule has 1 amide bonds. The summed E-state index contributed by atoms with van der Waals surface area (Å²) in [4.78, 5) is 20.6. The molecule has 0 fully saturated rings. The number of carboxylic acids is 1. The SMILES string of the molecule is CC(=O)NCCO[C@H](C)C(=O)O. The van der Waals surface area contributed by atoms with E-state index in [0.717, 1.165) is 0 Å². The second-order valence-electron chi connectivity index (χ2n) is 2.33. The van der Waals surface area contributed by atoms with E-state index in [1.807, 2.05) is 0 Å². The molecule has 0 aliphatic carbocycles. The average molecular weight is 175 g/mol. The third kappa shape index (κ3) is 5.67. The lowest BCUT2D eigenvalue weighted by Crippen LogP contribution is -2.28. The zero-order chi connectivity index (χ0) is 9.56. The van der Waals surface area contributed by atoms with E-state index in [-0.39, 0.29) is 12.5 Å². The predicted octanol–water partition coefficient (Wildman–Crippen LogP) is -0.388. The van der Waals surface area contributed by atoms with Crippen molar-refractivity contribution in [2.75, 3.05) is 13.2 Å². The number of amides is 1. The van der Waals surface area contributed by atoms with Gasteiger partial charge in [0.25, 0.3) is 0 Å². The van der Waals surface area contributed by atoms with E-state index in [1.165, 1.54) is 13.8 Å². The van der Waals surface area contributed by atoms with Crippen LogP contribution in [0.2, 0.25) is 0 Å². The summed E-state index contributed by atoms with van der Waals surface area (Å²) in [5.41, 5.74) is 0. The molecule has 70 valence electrons. The second kappa shape index (κ2) is 5.54. The minimum absolute atomic E-state index is 0.151. The summed E-state index contributed by atoms with van der Waals surface area (Å²) >= 11 is 0. The normalized spacial score (nSPS) is 12.2. The Morgan fingerprint density at radius 1 is 1.58 bits per heavy atom. The van der Waals surface area contributed by atoms with E-state index >= 15 is 0 Å². The molecule has 0 saturated heterocycles. The number of carbonyl (C=O) groups excluding carboxylic acids is 1. The Hall–Kier alpha value is -1.10. The first kappa shape index (κ1) is 10.9. The van der Waals surface area contributed by atoms with Gasteiger partial charge in [-0.2, -0.15) is 0 Å². The molecule has 0 spiro atoms. The van der Waals surface area contributed by atoms with E-state index in [2.05, 4.69) is 5.32 Å². The molecule has 5 nitrogen and oxygen atoms in total. The Balaban J connectivity index is 3.31. The standard InChI is InChI=1S/C7H13NO4/c1-5(7(10)11)12-4-3-8-6(2)9/h5H,3-4H2,1-2H3,(H,8,9)(H,10,11)/t5-/m1/s1. The van der Waals surface area contributed by atoms with Crippen LogP contribution in [0.25, 0.3) is 0 Å². The average Bonchev–Trinajstić information content (AvgIpc) is 1.97. The van der Waals surface area contributed by atoms with E-state index in [9.17, 15) is 9.59 Å². The van der Waals surface area contributed by atoms with Crippen LogP contribution in [-0.2, 0) is 14.3 Å².